The number of nitrogens with one attached hydrogen (secondary N) is 2. The third kappa shape index (κ3) is 5.37. The predicted octanol–water partition coefficient (Wildman–Crippen LogP) is 1.72. The highest BCUT2D eigenvalue weighted by molar-refractivity contribution is 7.89. The van der Waals surface area contributed by atoms with Gasteiger partial charge in [-0.05, 0) is 31.5 Å². The molecule has 0 fully saturated rings. The molecule has 20 heavy (non-hydrogen) atoms. The molecule has 5 nitrogen and oxygen atoms in total. The lowest BCUT2D eigenvalue weighted by Gasteiger charge is -2.09. The Hall–Kier alpha value is -1.29. The van der Waals surface area contributed by atoms with Gasteiger partial charge in [0.15, 0.2) is 0 Å². The molecule has 0 saturated heterocycles. The molecule has 0 aliphatic rings. The first-order valence-corrected chi connectivity index (χ1v) is 8.08. The molecule has 1 rings (SSSR count). The van der Waals surface area contributed by atoms with E-state index in [2.05, 4.69) is 29.8 Å². The molecule has 0 amide bonds. The van der Waals surface area contributed by atoms with Gasteiger partial charge in [-0.25, -0.2) is 13.1 Å². The second kappa shape index (κ2) is 7.48. The molecule has 0 spiro atoms. The Labute approximate surface area is 121 Å². The van der Waals surface area contributed by atoms with Gasteiger partial charge in [-0.1, -0.05) is 13.8 Å². The molecule has 1 heterocycles. The van der Waals surface area contributed by atoms with Crippen LogP contribution in [-0.4, -0.2) is 21.0 Å². The van der Waals surface area contributed by atoms with Crippen LogP contribution in [0, 0.1) is 18.3 Å². The first-order chi connectivity index (χ1) is 9.35. The zero-order chi connectivity index (χ0) is 15.2. The second-order valence-corrected chi connectivity index (χ2v) is 6.82. The van der Waals surface area contributed by atoms with Gasteiger partial charge in [0.1, 0.15) is 5.76 Å². The summed E-state index contributed by atoms with van der Waals surface area (Å²) in [5.74, 6) is 3.54. The van der Waals surface area contributed by atoms with E-state index >= 15 is 0 Å². The first-order valence-electron chi connectivity index (χ1n) is 6.60. The maximum absolute atomic E-state index is 12.0. The molecule has 0 aliphatic heterocycles. The fraction of sp³-hybridized carbons (Fsp3) is 0.571. The molecular formula is C14H22N2O3S. The third-order valence-electron chi connectivity index (χ3n) is 2.53. The highest BCUT2D eigenvalue weighted by Gasteiger charge is 2.20. The van der Waals surface area contributed by atoms with E-state index in [1.165, 1.54) is 6.07 Å². The van der Waals surface area contributed by atoms with Gasteiger partial charge >= 0.3 is 0 Å². The Kier molecular flexibility index (Phi) is 6.27. The van der Waals surface area contributed by atoms with Crippen molar-refractivity contribution in [2.24, 2.45) is 5.92 Å². The summed E-state index contributed by atoms with van der Waals surface area (Å²) in [6.45, 7) is 7.27. The van der Waals surface area contributed by atoms with Gasteiger partial charge in [0.05, 0.1) is 6.54 Å². The molecule has 0 radical (unpaired) electrons. The maximum Gasteiger partial charge on any atom is 0.274 e. The molecular weight excluding hydrogens is 276 g/mol. The minimum Gasteiger partial charge on any atom is -0.447 e. The second-order valence-electron chi connectivity index (χ2n) is 5.18. The Morgan fingerprint density at radius 3 is 2.65 bits per heavy atom. The van der Waals surface area contributed by atoms with E-state index in [1.54, 1.807) is 13.0 Å². The summed E-state index contributed by atoms with van der Waals surface area (Å²) in [7, 11) is -3.64. The van der Waals surface area contributed by atoms with Crippen LogP contribution in [0.15, 0.2) is 21.6 Å². The molecule has 0 aromatic carbocycles. The molecule has 1 atom stereocenters. The van der Waals surface area contributed by atoms with Gasteiger partial charge in [-0.15, -0.1) is 12.3 Å². The molecule has 0 saturated carbocycles. The van der Waals surface area contributed by atoms with Crippen LogP contribution in [0.2, 0.25) is 0 Å². The minimum absolute atomic E-state index is 0.0808. The van der Waals surface area contributed by atoms with E-state index in [4.69, 9.17) is 10.8 Å². The van der Waals surface area contributed by atoms with Crippen LogP contribution >= 0.6 is 0 Å². The van der Waals surface area contributed by atoms with Gasteiger partial charge in [-0.2, -0.15) is 0 Å². The van der Waals surface area contributed by atoms with Crippen LogP contribution in [0.3, 0.4) is 0 Å². The van der Waals surface area contributed by atoms with Crippen molar-refractivity contribution in [1.82, 2.24) is 10.0 Å². The third-order valence-corrected chi connectivity index (χ3v) is 4.00. The van der Waals surface area contributed by atoms with Gasteiger partial charge in [0.25, 0.3) is 10.0 Å². The van der Waals surface area contributed by atoms with Gasteiger partial charge in [0.2, 0.25) is 5.09 Å². The minimum atomic E-state index is -3.64. The fourth-order valence-corrected chi connectivity index (χ4v) is 2.82. The van der Waals surface area contributed by atoms with Gasteiger partial charge in [0, 0.05) is 12.5 Å². The van der Waals surface area contributed by atoms with E-state index in [1.807, 2.05) is 0 Å². The van der Waals surface area contributed by atoms with Crippen LogP contribution in [0.25, 0.3) is 0 Å². The predicted molar refractivity (Wildman–Crippen MR) is 78.5 cm³/mol. The number of furan rings is 1. The summed E-state index contributed by atoms with van der Waals surface area (Å²) >= 11 is 0. The van der Waals surface area contributed by atoms with E-state index in [-0.39, 0.29) is 11.1 Å². The Balaban J connectivity index is 2.63. The van der Waals surface area contributed by atoms with E-state index < -0.39 is 10.0 Å². The standard InChI is InChI=1S/C14H22N2O3S/c1-5-6-12(4)16-20(17,18)14-8-7-13(19-14)10-15-9-11(2)3/h1,7-8,11-12,15-16H,6,9-10H2,2-4H3. The average molecular weight is 298 g/mol. The molecule has 112 valence electrons. The van der Waals surface area contributed by atoms with Crippen molar-refractivity contribution in [3.63, 3.8) is 0 Å². The van der Waals surface area contributed by atoms with E-state index in [9.17, 15) is 8.42 Å². The molecule has 1 aromatic heterocycles. The summed E-state index contributed by atoms with van der Waals surface area (Å²) in [5.41, 5.74) is 0. The van der Waals surface area contributed by atoms with Crippen LogP contribution in [-0.2, 0) is 16.6 Å². The molecule has 6 heteroatoms. The highest BCUT2D eigenvalue weighted by atomic mass is 32.2. The van der Waals surface area contributed by atoms with E-state index in [0.717, 1.165) is 6.54 Å². The van der Waals surface area contributed by atoms with Crippen molar-refractivity contribution in [3.05, 3.63) is 17.9 Å². The van der Waals surface area contributed by atoms with Crippen LogP contribution in [0.5, 0.6) is 0 Å². The van der Waals surface area contributed by atoms with Crippen molar-refractivity contribution in [2.45, 2.75) is 44.9 Å². The molecule has 1 unspecified atom stereocenters. The lowest BCUT2D eigenvalue weighted by atomic mass is 10.2. The summed E-state index contributed by atoms with van der Waals surface area (Å²) in [6.07, 6.45) is 5.49. The lowest BCUT2D eigenvalue weighted by molar-refractivity contribution is 0.393. The Bertz CT molecular complexity index is 555. The SMILES string of the molecule is C#CCC(C)NS(=O)(=O)c1ccc(CNCC(C)C)o1. The van der Waals surface area contributed by atoms with Crippen LogP contribution in [0.4, 0.5) is 0 Å². The van der Waals surface area contributed by atoms with Gasteiger partial charge in [-0.3, -0.25) is 0 Å². The summed E-state index contributed by atoms with van der Waals surface area (Å²) in [4.78, 5) is 0. The van der Waals surface area contributed by atoms with Crippen molar-refractivity contribution >= 4 is 10.0 Å². The van der Waals surface area contributed by atoms with Gasteiger partial charge < -0.3 is 9.73 Å². The average Bonchev–Trinajstić information content (AvgIpc) is 2.77. The molecule has 1 aromatic rings. The summed E-state index contributed by atoms with van der Waals surface area (Å²) in [5, 5.41) is 3.11. The number of hydrogen-bond donors (Lipinski definition) is 2. The van der Waals surface area contributed by atoms with E-state index in [0.29, 0.717) is 24.6 Å². The number of terminal acetylenes is 1. The zero-order valence-corrected chi connectivity index (χ0v) is 13.0. The van der Waals surface area contributed by atoms with Crippen molar-refractivity contribution in [2.75, 3.05) is 6.54 Å². The number of rotatable bonds is 8. The first kappa shape index (κ1) is 16.8. The molecule has 0 bridgehead atoms. The van der Waals surface area contributed by atoms with Crippen molar-refractivity contribution in [1.29, 1.82) is 0 Å². The summed E-state index contributed by atoms with van der Waals surface area (Å²) < 4.78 is 31.9. The quantitative estimate of drug-likeness (QED) is 0.717. The molecule has 2 N–H and O–H groups in total. The fourth-order valence-electron chi connectivity index (χ4n) is 1.62. The number of hydrogen-bond acceptors (Lipinski definition) is 4. The Morgan fingerprint density at radius 1 is 1.35 bits per heavy atom. The molecule has 0 aliphatic carbocycles. The topological polar surface area (TPSA) is 71.3 Å². The van der Waals surface area contributed by atoms with Crippen LogP contribution in [0.1, 0.15) is 33.0 Å². The number of sulfonamides is 1. The maximum atomic E-state index is 12.0. The smallest absolute Gasteiger partial charge is 0.274 e. The highest BCUT2D eigenvalue weighted by Crippen LogP contribution is 2.14. The summed E-state index contributed by atoms with van der Waals surface area (Å²) in [6, 6.07) is 2.79. The van der Waals surface area contributed by atoms with Crippen LogP contribution < -0.4 is 10.0 Å². The normalized spacial score (nSPS) is 13.3. The van der Waals surface area contributed by atoms with Crippen molar-refractivity contribution < 1.29 is 12.8 Å². The van der Waals surface area contributed by atoms with Crippen molar-refractivity contribution in [3.8, 4) is 12.3 Å². The lowest BCUT2D eigenvalue weighted by Crippen LogP contribution is -2.32. The Morgan fingerprint density at radius 2 is 2.05 bits per heavy atom. The monoisotopic (exact) mass is 298 g/mol. The largest absolute Gasteiger partial charge is 0.447 e. The zero-order valence-electron chi connectivity index (χ0n) is 12.1.